The number of sulfonamides is 1. The van der Waals surface area contributed by atoms with Crippen LogP contribution in [-0.2, 0) is 10.0 Å². The first kappa shape index (κ1) is 12.9. The van der Waals surface area contributed by atoms with Gasteiger partial charge >= 0.3 is 0 Å². The molecule has 2 N–H and O–H groups in total. The summed E-state index contributed by atoms with van der Waals surface area (Å²) in [6.07, 6.45) is 6.42. The van der Waals surface area contributed by atoms with Crippen molar-refractivity contribution in [2.24, 2.45) is 11.3 Å². The van der Waals surface area contributed by atoms with Gasteiger partial charge in [-0.3, -0.25) is 0 Å². The Morgan fingerprint density at radius 1 is 1.42 bits per heavy atom. The lowest BCUT2D eigenvalue weighted by Gasteiger charge is -2.16. The fourth-order valence-corrected chi connectivity index (χ4v) is 4.00. The van der Waals surface area contributed by atoms with E-state index in [0.717, 1.165) is 18.8 Å². The highest BCUT2D eigenvalue weighted by atomic mass is 32.2. The number of pyridine rings is 1. The molecule has 0 saturated heterocycles. The maximum atomic E-state index is 12.3. The first-order chi connectivity index (χ1) is 9.07. The van der Waals surface area contributed by atoms with E-state index in [4.69, 9.17) is 0 Å². The van der Waals surface area contributed by atoms with Gasteiger partial charge in [0.05, 0.1) is 0 Å². The van der Waals surface area contributed by atoms with Crippen LogP contribution in [0.25, 0.3) is 0 Å². The minimum absolute atomic E-state index is 0.226. The molecule has 6 heteroatoms. The molecule has 19 heavy (non-hydrogen) atoms. The monoisotopic (exact) mass is 281 g/mol. The van der Waals surface area contributed by atoms with Crippen molar-refractivity contribution in [3.63, 3.8) is 0 Å². The second-order valence-corrected chi connectivity index (χ2v) is 7.30. The van der Waals surface area contributed by atoms with Gasteiger partial charge in [-0.2, -0.15) is 0 Å². The van der Waals surface area contributed by atoms with Crippen molar-refractivity contribution in [3.8, 4) is 0 Å². The van der Waals surface area contributed by atoms with Crippen LogP contribution in [0.15, 0.2) is 23.2 Å². The molecule has 3 rings (SSSR count). The molecular formula is C13H19N3O2S. The number of rotatable bonds is 6. The Hall–Kier alpha value is -1.14. The predicted octanol–water partition coefficient (Wildman–Crippen LogP) is 1.59. The third kappa shape index (κ3) is 2.47. The lowest BCUT2D eigenvalue weighted by Crippen LogP contribution is -2.31. The average Bonchev–Trinajstić information content (AvgIpc) is 3.28. The van der Waals surface area contributed by atoms with Crippen molar-refractivity contribution in [2.45, 2.75) is 30.6 Å². The summed E-state index contributed by atoms with van der Waals surface area (Å²) < 4.78 is 27.4. The van der Waals surface area contributed by atoms with E-state index in [1.165, 1.54) is 12.8 Å². The molecule has 5 nitrogen and oxygen atoms in total. The normalized spacial score (nSPS) is 21.1. The van der Waals surface area contributed by atoms with Crippen LogP contribution in [0.5, 0.6) is 0 Å². The largest absolute Gasteiger partial charge is 0.372 e. The Kier molecular flexibility index (Phi) is 3.02. The molecule has 1 aromatic heterocycles. The number of aromatic nitrogens is 1. The quantitative estimate of drug-likeness (QED) is 0.830. The van der Waals surface area contributed by atoms with Gasteiger partial charge in [0.1, 0.15) is 10.7 Å². The number of nitrogens with one attached hydrogen (secondary N) is 2. The van der Waals surface area contributed by atoms with E-state index < -0.39 is 10.0 Å². The third-order valence-electron chi connectivity index (χ3n) is 4.25. The molecule has 2 saturated carbocycles. The maximum Gasteiger partial charge on any atom is 0.244 e. The summed E-state index contributed by atoms with van der Waals surface area (Å²) in [5, 5.41) is 2.82. The van der Waals surface area contributed by atoms with Crippen LogP contribution in [0, 0.1) is 11.3 Å². The van der Waals surface area contributed by atoms with Crippen molar-refractivity contribution in [1.29, 1.82) is 0 Å². The number of anilines is 1. The van der Waals surface area contributed by atoms with Crippen molar-refractivity contribution >= 4 is 15.8 Å². The van der Waals surface area contributed by atoms with Gasteiger partial charge < -0.3 is 5.32 Å². The van der Waals surface area contributed by atoms with Crippen molar-refractivity contribution in [2.75, 3.05) is 18.9 Å². The molecular weight excluding hydrogens is 262 g/mol. The lowest BCUT2D eigenvalue weighted by molar-refractivity contribution is 0.432. The molecule has 2 fully saturated rings. The lowest BCUT2D eigenvalue weighted by atomic mass is 10.0. The summed E-state index contributed by atoms with van der Waals surface area (Å²) in [6, 6.07) is 3.22. The molecule has 1 heterocycles. The summed E-state index contributed by atoms with van der Waals surface area (Å²) in [5.41, 5.74) is 0.259. The number of hydrogen-bond acceptors (Lipinski definition) is 4. The Labute approximate surface area is 113 Å². The Morgan fingerprint density at radius 3 is 2.74 bits per heavy atom. The van der Waals surface area contributed by atoms with Gasteiger partial charge in [0.15, 0.2) is 0 Å². The number of hydrogen-bond donors (Lipinski definition) is 2. The fraction of sp³-hybridized carbons (Fsp3) is 0.615. The van der Waals surface area contributed by atoms with Gasteiger partial charge in [-0.1, -0.05) is 0 Å². The molecule has 104 valence electrons. The summed E-state index contributed by atoms with van der Waals surface area (Å²) >= 11 is 0. The van der Waals surface area contributed by atoms with Crippen LogP contribution in [0.3, 0.4) is 0 Å². The Morgan fingerprint density at radius 2 is 2.16 bits per heavy atom. The van der Waals surface area contributed by atoms with E-state index in [0.29, 0.717) is 12.4 Å². The first-order valence-corrected chi connectivity index (χ1v) is 8.18. The predicted molar refractivity (Wildman–Crippen MR) is 73.4 cm³/mol. The van der Waals surface area contributed by atoms with Crippen LogP contribution in [0.4, 0.5) is 5.82 Å². The molecule has 0 atom stereocenters. The van der Waals surface area contributed by atoms with Crippen LogP contribution >= 0.6 is 0 Å². The van der Waals surface area contributed by atoms with Crippen molar-refractivity contribution < 1.29 is 8.42 Å². The van der Waals surface area contributed by atoms with Gasteiger partial charge in [0, 0.05) is 19.8 Å². The van der Waals surface area contributed by atoms with Gasteiger partial charge in [-0.05, 0) is 49.1 Å². The van der Waals surface area contributed by atoms with E-state index in [9.17, 15) is 8.42 Å². The van der Waals surface area contributed by atoms with Crippen molar-refractivity contribution in [1.82, 2.24) is 9.71 Å². The van der Waals surface area contributed by atoms with Gasteiger partial charge in [-0.25, -0.2) is 18.1 Å². The summed E-state index contributed by atoms with van der Waals surface area (Å²) in [4.78, 5) is 4.27. The number of nitrogens with zero attached hydrogens (tertiary/aromatic N) is 1. The molecule has 2 aliphatic carbocycles. The molecule has 0 aromatic carbocycles. The van der Waals surface area contributed by atoms with Crippen LogP contribution in [0.2, 0.25) is 0 Å². The zero-order chi connectivity index (χ0) is 13.5. The van der Waals surface area contributed by atoms with E-state index >= 15 is 0 Å². The maximum absolute atomic E-state index is 12.3. The molecule has 0 radical (unpaired) electrons. The minimum Gasteiger partial charge on any atom is -0.372 e. The Balaban J connectivity index is 1.75. The van der Waals surface area contributed by atoms with Crippen LogP contribution < -0.4 is 10.0 Å². The topological polar surface area (TPSA) is 71.1 Å². The smallest absolute Gasteiger partial charge is 0.244 e. The van der Waals surface area contributed by atoms with E-state index in [1.807, 2.05) is 0 Å². The third-order valence-corrected chi connectivity index (χ3v) is 5.68. The highest BCUT2D eigenvalue weighted by Crippen LogP contribution is 2.60. The standard InChI is InChI=1S/C13H19N3O2S/c1-14-12-11(3-2-8-15-12)19(17,18)16-9-13(6-7-13)10-4-5-10/h2-3,8,10,16H,4-7,9H2,1H3,(H,14,15). The molecule has 0 unspecified atom stereocenters. The van der Waals surface area contributed by atoms with Gasteiger partial charge in [0.25, 0.3) is 0 Å². The molecule has 1 aromatic rings. The SMILES string of the molecule is CNc1ncccc1S(=O)(=O)NCC1(C2CC2)CC1. The van der Waals surface area contributed by atoms with Crippen LogP contribution in [-0.4, -0.2) is 27.0 Å². The Bertz CT molecular complexity index is 577. The zero-order valence-electron chi connectivity index (χ0n) is 11.0. The molecule has 2 aliphatic rings. The molecule has 0 amide bonds. The average molecular weight is 281 g/mol. The van der Waals surface area contributed by atoms with Gasteiger partial charge in [0.2, 0.25) is 10.0 Å². The van der Waals surface area contributed by atoms with E-state index in [-0.39, 0.29) is 10.3 Å². The second-order valence-electron chi connectivity index (χ2n) is 5.56. The fourth-order valence-electron chi connectivity index (χ4n) is 2.70. The molecule has 0 bridgehead atoms. The highest BCUT2D eigenvalue weighted by molar-refractivity contribution is 7.89. The highest BCUT2D eigenvalue weighted by Gasteiger charge is 2.53. The summed E-state index contributed by atoms with van der Waals surface area (Å²) in [5.74, 6) is 1.14. The minimum atomic E-state index is -3.48. The van der Waals surface area contributed by atoms with Gasteiger partial charge in [-0.15, -0.1) is 0 Å². The molecule has 0 aliphatic heterocycles. The summed E-state index contributed by atoms with van der Waals surface area (Å²) in [7, 11) is -1.80. The first-order valence-electron chi connectivity index (χ1n) is 6.70. The second kappa shape index (κ2) is 4.45. The van der Waals surface area contributed by atoms with Crippen LogP contribution in [0.1, 0.15) is 25.7 Å². The van der Waals surface area contributed by atoms with Crippen molar-refractivity contribution in [3.05, 3.63) is 18.3 Å². The van der Waals surface area contributed by atoms with E-state index in [1.54, 1.807) is 25.4 Å². The van der Waals surface area contributed by atoms with E-state index in [2.05, 4.69) is 15.0 Å². The zero-order valence-corrected chi connectivity index (χ0v) is 11.8. The summed E-state index contributed by atoms with van der Waals surface area (Å²) in [6.45, 7) is 0.568. The molecule has 0 spiro atoms.